The van der Waals surface area contributed by atoms with E-state index in [4.69, 9.17) is 30.1 Å². The molecule has 1 saturated carbocycles. The van der Waals surface area contributed by atoms with E-state index >= 15 is 0 Å². The predicted octanol–water partition coefficient (Wildman–Crippen LogP) is 1.29. The number of aromatic amines is 1. The van der Waals surface area contributed by atoms with Gasteiger partial charge in [0.2, 0.25) is 0 Å². The van der Waals surface area contributed by atoms with Gasteiger partial charge in [0.1, 0.15) is 34.5 Å². The Hall–Kier alpha value is -2.47. The van der Waals surface area contributed by atoms with Crippen LogP contribution in [-0.2, 0) is 23.4 Å². The lowest BCUT2D eigenvalue weighted by molar-refractivity contribution is -0.144. The van der Waals surface area contributed by atoms with E-state index < -0.39 is 59.9 Å². The highest BCUT2D eigenvalue weighted by Gasteiger charge is 2.84. The number of rotatable bonds is 9. The quantitative estimate of drug-likeness (QED) is 0.245. The fourth-order valence-electron chi connectivity index (χ4n) is 3.99. The number of aromatic nitrogens is 2. The molecule has 35 heavy (non-hydrogen) atoms. The van der Waals surface area contributed by atoms with Gasteiger partial charge in [0.05, 0.1) is 6.61 Å². The minimum atomic E-state index is -4.29. The van der Waals surface area contributed by atoms with Crippen LogP contribution in [0.25, 0.3) is 0 Å². The second-order valence-electron chi connectivity index (χ2n) is 8.36. The molecule has 2 heterocycles. The van der Waals surface area contributed by atoms with Crippen LogP contribution in [0.3, 0.4) is 0 Å². The van der Waals surface area contributed by atoms with Gasteiger partial charge in [-0.15, -0.1) is 11.6 Å². The molecule has 0 radical (unpaired) electrons. The zero-order valence-electron chi connectivity index (χ0n) is 19.0. The van der Waals surface area contributed by atoms with Crippen LogP contribution in [-0.4, -0.2) is 56.0 Å². The number of hydrogen-bond donors (Lipinski definition) is 3. The van der Waals surface area contributed by atoms with Crippen molar-refractivity contribution in [2.45, 2.75) is 55.7 Å². The SMILES string of the molecule is CCOC(=O)C(C)NP(=O)(Oc1ccccc1)OC1C2OC(n3ccc(=O)[nH]c3=O)C(C)(Cl)C21O. The third-order valence-electron chi connectivity index (χ3n) is 5.87. The van der Waals surface area contributed by atoms with Crippen LogP contribution in [0, 0.1) is 0 Å². The van der Waals surface area contributed by atoms with Crippen molar-refractivity contribution in [1.82, 2.24) is 14.6 Å². The highest BCUT2D eigenvalue weighted by molar-refractivity contribution is 7.52. The molecule has 12 nitrogen and oxygen atoms in total. The molecule has 2 aromatic rings. The van der Waals surface area contributed by atoms with Gasteiger partial charge in [-0.25, -0.2) is 9.36 Å². The Labute approximate surface area is 204 Å². The monoisotopic (exact) mass is 529 g/mol. The van der Waals surface area contributed by atoms with Crippen molar-refractivity contribution in [2.24, 2.45) is 0 Å². The van der Waals surface area contributed by atoms with Crippen molar-refractivity contribution in [1.29, 1.82) is 0 Å². The summed E-state index contributed by atoms with van der Waals surface area (Å²) in [6.07, 6.45) is -2.27. The lowest BCUT2D eigenvalue weighted by atomic mass is 10.0. The molecule has 7 unspecified atom stereocenters. The van der Waals surface area contributed by atoms with Crippen LogP contribution in [0.2, 0.25) is 0 Å². The van der Waals surface area contributed by atoms with E-state index in [9.17, 15) is 24.1 Å². The van der Waals surface area contributed by atoms with E-state index in [1.54, 1.807) is 25.1 Å². The number of fused-ring (bicyclic) bond motifs is 1. The summed E-state index contributed by atoms with van der Waals surface area (Å²) in [5, 5.41) is 13.8. The van der Waals surface area contributed by atoms with Crippen molar-refractivity contribution >= 4 is 25.3 Å². The molecular formula is C21H25ClN3O9P. The minimum absolute atomic E-state index is 0.115. The molecule has 2 fully saturated rings. The normalized spacial score (nSPS) is 31.7. The number of aliphatic hydroxyl groups is 1. The van der Waals surface area contributed by atoms with Gasteiger partial charge in [-0.1, -0.05) is 18.2 Å². The third-order valence-corrected chi connectivity index (χ3v) is 8.02. The van der Waals surface area contributed by atoms with Crippen molar-refractivity contribution in [3.05, 3.63) is 63.4 Å². The van der Waals surface area contributed by atoms with E-state index in [0.29, 0.717) is 0 Å². The number of alkyl halides is 1. The van der Waals surface area contributed by atoms with Gasteiger partial charge < -0.3 is 19.1 Å². The first-order valence-electron chi connectivity index (χ1n) is 10.8. The Balaban J connectivity index is 1.58. The van der Waals surface area contributed by atoms with Crippen molar-refractivity contribution in [3.8, 4) is 5.75 Å². The van der Waals surface area contributed by atoms with Crippen LogP contribution in [0.15, 0.2) is 52.2 Å². The largest absolute Gasteiger partial charge is 0.465 e. The fraction of sp³-hybridized carbons (Fsp3) is 0.476. The molecule has 14 heteroatoms. The molecule has 0 bridgehead atoms. The maximum Gasteiger partial charge on any atom is 0.459 e. The first-order chi connectivity index (χ1) is 16.4. The van der Waals surface area contributed by atoms with Gasteiger partial charge in [-0.2, -0.15) is 5.09 Å². The van der Waals surface area contributed by atoms with E-state index in [1.807, 2.05) is 0 Å². The summed E-state index contributed by atoms with van der Waals surface area (Å²) in [5.41, 5.74) is -3.26. The molecule has 1 aliphatic carbocycles. The number of H-pyrrole nitrogens is 1. The molecular weight excluding hydrogens is 505 g/mol. The zero-order valence-corrected chi connectivity index (χ0v) is 20.7. The average molecular weight is 530 g/mol. The number of halogens is 1. The number of nitrogens with one attached hydrogen (secondary N) is 2. The smallest absolute Gasteiger partial charge is 0.459 e. The minimum Gasteiger partial charge on any atom is -0.465 e. The Morgan fingerprint density at radius 2 is 2.03 bits per heavy atom. The van der Waals surface area contributed by atoms with E-state index in [2.05, 4.69) is 10.1 Å². The number of esters is 1. The first-order valence-corrected chi connectivity index (χ1v) is 12.7. The van der Waals surface area contributed by atoms with Gasteiger partial charge >= 0.3 is 19.4 Å². The Kier molecular flexibility index (Phi) is 6.73. The lowest BCUT2D eigenvalue weighted by Crippen LogP contribution is -2.47. The fourth-order valence-corrected chi connectivity index (χ4v) is 6.07. The predicted molar refractivity (Wildman–Crippen MR) is 123 cm³/mol. The second kappa shape index (κ2) is 9.20. The summed E-state index contributed by atoms with van der Waals surface area (Å²) in [7, 11) is -4.29. The molecule has 190 valence electrons. The number of hydrogen-bond acceptors (Lipinski definition) is 9. The lowest BCUT2D eigenvalue weighted by Gasteiger charge is -2.33. The van der Waals surface area contributed by atoms with Gasteiger partial charge in [0.15, 0.2) is 6.23 Å². The van der Waals surface area contributed by atoms with Crippen LogP contribution in [0.5, 0.6) is 5.75 Å². The molecule has 2 aliphatic rings. The summed E-state index contributed by atoms with van der Waals surface area (Å²) >= 11 is 6.66. The molecule has 1 aromatic carbocycles. The molecule has 1 aliphatic heterocycles. The third kappa shape index (κ3) is 4.57. The summed E-state index contributed by atoms with van der Waals surface area (Å²) in [6, 6.07) is 8.15. The Morgan fingerprint density at radius 3 is 2.60 bits per heavy atom. The van der Waals surface area contributed by atoms with Gasteiger partial charge in [-0.3, -0.25) is 23.7 Å². The van der Waals surface area contributed by atoms with Gasteiger partial charge in [0.25, 0.3) is 5.56 Å². The Morgan fingerprint density at radius 1 is 1.34 bits per heavy atom. The number of ether oxygens (including phenoxy) is 2. The second-order valence-corrected chi connectivity index (χ2v) is 10.8. The maximum absolute atomic E-state index is 13.7. The zero-order chi connectivity index (χ0) is 25.6. The van der Waals surface area contributed by atoms with E-state index in [0.717, 1.165) is 10.6 Å². The Bertz CT molecular complexity index is 1270. The topological polar surface area (TPSA) is 158 Å². The van der Waals surface area contributed by atoms with Crippen LogP contribution < -0.4 is 20.9 Å². The molecule has 7 atom stereocenters. The number of para-hydroxylation sites is 1. The molecule has 1 saturated heterocycles. The average Bonchev–Trinajstić information content (AvgIpc) is 3.27. The van der Waals surface area contributed by atoms with Crippen LogP contribution in [0.1, 0.15) is 27.0 Å². The number of benzene rings is 1. The maximum atomic E-state index is 13.7. The summed E-state index contributed by atoms with van der Waals surface area (Å²) in [6.45, 7) is 4.60. The van der Waals surface area contributed by atoms with E-state index in [1.165, 1.54) is 32.2 Å². The highest BCUT2D eigenvalue weighted by Crippen LogP contribution is 2.66. The van der Waals surface area contributed by atoms with Crippen molar-refractivity contribution in [2.75, 3.05) is 6.61 Å². The van der Waals surface area contributed by atoms with E-state index in [-0.39, 0.29) is 12.4 Å². The van der Waals surface area contributed by atoms with Gasteiger partial charge in [0, 0.05) is 12.3 Å². The first kappa shape index (κ1) is 25.6. The molecule has 0 amide bonds. The highest BCUT2D eigenvalue weighted by atomic mass is 35.5. The molecule has 4 rings (SSSR count). The number of nitrogens with zero attached hydrogens (tertiary/aromatic N) is 1. The number of carbonyl (C=O) groups excluding carboxylic acids is 1. The standard InChI is InChI=1S/C21H25ClN3O9P/c1-4-31-17(27)12(2)24-35(30,33-13-8-6-5-7-9-13)34-16-15-21(16,29)20(3,22)18(32-15)25-11-10-14(26)23-19(25)28/h5-12,15-16,18,29H,4H2,1-3H3,(H,24,30)(H,23,26,28). The van der Waals surface area contributed by atoms with Crippen LogP contribution in [0.4, 0.5) is 0 Å². The summed E-state index contributed by atoms with van der Waals surface area (Å²) in [4.78, 5) is 36.2. The molecule has 0 spiro atoms. The van der Waals surface area contributed by atoms with Crippen molar-refractivity contribution in [3.63, 3.8) is 0 Å². The molecule has 1 aromatic heterocycles. The summed E-state index contributed by atoms with van der Waals surface area (Å²) < 4.78 is 36.8. The van der Waals surface area contributed by atoms with Crippen molar-refractivity contribution < 1.29 is 33.0 Å². The molecule has 3 N–H and O–H groups in total. The van der Waals surface area contributed by atoms with Gasteiger partial charge in [-0.05, 0) is 32.9 Å². The summed E-state index contributed by atoms with van der Waals surface area (Å²) in [5.74, 6) is -0.497. The number of carbonyl (C=O) groups is 1. The van der Waals surface area contributed by atoms with Crippen LogP contribution >= 0.6 is 19.3 Å².